The molecule has 1 aromatic rings. The van der Waals surface area contributed by atoms with E-state index in [0.717, 1.165) is 0 Å². The van der Waals surface area contributed by atoms with Crippen LogP contribution in [0.1, 0.15) is 13.8 Å². The van der Waals surface area contributed by atoms with Gasteiger partial charge < -0.3 is 4.74 Å². The molecule has 0 aromatic heterocycles. The van der Waals surface area contributed by atoms with Crippen LogP contribution >= 0.6 is 0 Å². The van der Waals surface area contributed by atoms with Gasteiger partial charge in [0.2, 0.25) is 0 Å². The van der Waals surface area contributed by atoms with Gasteiger partial charge in [0, 0.05) is 12.1 Å². The summed E-state index contributed by atoms with van der Waals surface area (Å²) in [5, 5.41) is 18.3. The second-order valence-corrected chi connectivity index (χ2v) is 1.94. The number of benzene rings is 1. The maximum atomic E-state index is 10.2. The van der Waals surface area contributed by atoms with Crippen molar-refractivity contribution in [2.24, 2.45) is 0 Å². The Morgan fingerprint density at radius 1 is 1.36 bits per heavy atom. The van der Waals surface area contributed by atoms with Crippen LogP contribution in [0.25, 0.3) is 0 Å². The summed E-state index contributed by atoms with van der Waals surface area (Å²) >= 11 is 0. The highest BCUT2D eigenvalue weighted by molar-refractivity contribution is 5.36. The standard InChI is InChI=1S/C7H4N2O3.C2H6/c8-5-12-7-3-1-6(2-4-7)9(10)11;1-2/h1-4H;1-2H3. The number of rotatable bonds is 2. The zero-order valence-corrected chi connectivity index (χ0v) is 7.93. The summed E-state index contributed by atoms with van der Waals surface area (Å²) in [5.74, 6) is 0.295. The minimum Gasteiger partial charge on any atom is -0.388 e. The van der Waals surface area contributed by atoms with Crippen molar-refractivity contribution in [1.82, 2.24) is 0 Å². The molecule has 14 heavy (non-hydrogen) atoms. The SMILES string of the molecule is CC.N#COc1ccc([N+](=O)[O-])cc1. The van der Waals surface area contributed by atoms with Crippen LogP contribution in [-0.4, -0.2) is 4.92 Å². The van der Waals surface area contributed by atoms with Gasteiger partial charge >= 0.3 is 0 Å². The second kappa shape index (κ2) is 6.43. The van der Waals surface area contributed by atoms with Gasteiger partial charge in [-0.2, -0.15) is 0 Å². The molecule has 0 amide bonds. The predicted octanol–water partition coefficient (Wildman–Crippen LogP) is 2.48. The third-order valence-corrected chi connectivity index (χ3v) is 1.21. The van der Waals surface area contributed by atoms with Crippen molar-refractivity contribution < 1.29 is 9.66 Å². The first-order chi connectivity index (χ1) is 6.74. The van der Waals surface area contributed by atoms with E-state index in [2.05, 4.69) is 4.74 Å². The van der Waals surface area contributed by atoms with Crippen molar-refractivity contribution >= 4 is 5.69 Å². The molecule has 5 nitrogen and oxygen atoms in total. The van der Waals surface area contributed by atoms with Gasteiger partial charge in [-0.3, -0.25) is 10.1 Å². The monoisotopic (exact) mass is 194 g/mol. The lowest BCUT2D eigenvalue weighted by atomic mass is 10.3. The summed E-state index contributed by atoms with van der Waals surface area (Å²) in [6, 6.07) is 5.27. The van der Waals surface area contributed by atoms with Crippen LogP contribution in [0.5, 0.6) is 5.75 Å². The Balaban J connectivity index is 0.000000791. The van der Waals surface area contributed by atoms with E-state index < -0.39 is 4.92 Å². The molecule has 0 spiro atoms. The number of non-ortho nitro benzene ring substituents is 1. The zero-order valence-electron chi connectivity index (χ0n) is 7.93. The first-order valence-electron chi connectivity index (χ1n) is 4.04. The molecule has 0 saturated heterocycles. The Kier molecular flexibility index (Phi) is 5.47. The van der Waals surface area contributed by atoms with Crippen molar-refractivity contribution in [3.8, 4) is 12.0 Å². The van der Waals surface area contributed by atoms with E-state index in [4.69, 9.17) is 5.26 Å². The van der Waals surface area contributed by atoms with E-state index in [-0.39, 0.29) is 5.69 Å². The highest BCUT2D eigenvalue weighted by Gasteiger charge is 2.03. The first-order valence-corrected chi connectivity index (χ1v) is 4.04. The molecule has 0 heterocycles. The summed E-state index contributed by atoms with van der Waals surface area (Å²) in [7, 11) is 0. The van der Waals surface area contributed by atoms with Crippen molar-refractivity contribution in [2.75, 3.05) is 0 Å². The molecule has 0 aliphatic carbocycles. The van der Waals surface area contributed by atoms with Gasteiger partial charge in [0.25, 0.3) is 11.9 Å². The minimum absolute atomic E-state index is 0.0275. The van der Waals surface area contributed by atoms with Gasteiger partial charge in [0.15, 0.2) is 0 Å². The molecule has 74 valence electrons. The van der Waals surface area contributed by atoms with Crippen LogP contribution in [0.4, 0.5) is 5.69 Å². The molecule has 1 aromatic carbocycles. The number of nitro benzene ring substituents is 1. The summed E-state index contributed by atoms with van der Waals surface area (Å²) in [4.78, 5) is 9.65. The smallest absolute Gasteiger partial charge is 0.292 e. The lowest BCUT2D eigenvalue weighted by Gasteiger charge is -1.93. The van der Waals surface area contributed by atoms with Crippen LogP contribution in [0.2, 0.25) is 0 Å². The lowest BCUT2D eigenvalue weighted by molar-refractivity contribution is -0.384. The van der Waals surface area contributed by atoms with Crippen molar-refractivity contribution in [2.45, 2.75) is 13.8 Å². The Bertz CT molecular complexity index is 327. The first kappa shape index (κ1) is 11.9. The lowest BCUT2D eigenvalue weighted by Crippen LogP contribution is -1.87. The molecular formula is C9H10N2O3. The van der Waals surface area contributed by atoms with E-state index in [1.54, 1.807) is 0 Å². The number of nitrogens with zero attached hydrogens (tertiary/aromatic N) is 2. The Morgan fingerprint density at radius 2 is 1.86 bits per heavy atom. The summed E-state index contributed by atoms with van der Waals surface area (Å²) in [5.41, 5.74) is -0.0275. The van der Waals surface area contributed by atoms with Crippen molar-refractivity contribution in [1.29, 1.82) is 5.26 Å². The molecule has 0 atom stereocenters. The molecule has 0 aliphatic heterocycles. The minimum atomic E-state index is -0.518. The van der Waals surface area contributed by atoms with Crippen LogP contribution < -0.4 is 4.74 Å². The van der Waals surface area contributed by atoms with E-state index in [9.17, 15) is 10.1 Å². The Hall–Kier alpha value is -2.09. The Morgan fingerprint density at radius 3 is 2.21 bits per heavy atom. The summed E-state index contributed by atoms with van der Waals surface area (Å²) in [6.07, 6.45) is 1.46. The molecule has 0 bridgehead atoms. The molecule has 0 radical (unpaired) electrons. The number of hydrogen-bond donors (Lipinski definition) is 0. The number of hydrogen-bond acceptors (Lipinski definition) is 4. The van der Waals surface area contributed by atoms with Gasteiger partial charge in [-0.25, -0.2) is 0 Å². The van der Waals surface area contributed by atoms with Gasteiger partial charge in [-0.1, -0.05) is 13.8 Å². The predicted molar refractivity (Wildman–Crippen MR) is 50.7 cm³/mol. The number of nitriles is 1. The molecular weight excluding hydrogens is 184 g/mol. The molecule has 0 fully saturated rings. The van der Waals surface area contributed by atoms with Gasteiger partial charge in [0.1, 0.15) is 5.75 Å². The normalized spacial score (nSPS) is 7.79. The van der Waals surface area contributed by atoms with Crippen molar-refractivity contribution in [3.63, 3.8) is 0 Å². The molecule has 0 aliphatic rings. The van der Waals surface area contributed by atoms with Crippen molar-refractivity contribution in [3.05, 3.63) is 34.4 Å². The summed E-state index contributed by atoms with van der Waals surface area (Å²) in [6.45, 7) is 4.00. The molecule has 0 unspecified atom stereocenters. The molecule has 5 heteroatoms. The van der Waals surface area contributed by atoms with E-state index in [1.165, 1.54) is 30.5 Å². The van der Waals surface area contributed by atoms with E-state index in [1.807, 2.05) is 13.8 Å². The molecule has 0 saturated carbocycles. The largest absolute Gasteiger partial charge is 0.388 e. The third-order valence-electron chi connectivity index (χ3n) is 1.21. The maximum absolute atomic E-state index is 10.2. The average Bonchev–Trinajstić information content (AvgIpc) is 2.22. The van der Waals surface area contributed by atoms with E-state index >= 15 is 0 Å². The fourth-order valence-corrected chi connectivity index (χ4v) is 0.689. The highest BCUT2D eigenvalue weighted by atomic mass is 16.6. The number of nitro groups is 1. The topological polar surface area (TPSA) is 76.2 Å². The van der Waals surface area contributed by atoms with Gasteiger partial charge in [0.05, 0.1) is 4.92 Å². The fraction of sp³-hybridized carbons (Fsp3) is 0.222. The molecule has 1 rings (SSSR count). The van der Waals surface area contributed by atoms with Crippen LogP contribution in [-0.2, 0) is 0 Å². The van der Waals surface area contributed by atoms with Gasteiger partial charge in [-0.05, 0) is 12.1 Å². The Labute approximate surface area is 81.7 Å². The fourth-order valence-electron chi connectivity index (χ4n) is 0.689. The third kappa shape index (κ3) is 3.54. The van der Waals surface area contributed by atoms with Gasteiger partial charge in [-0.15, -0.1) is 5.26 Å². The average molecular weight is 194 g/mol. The van der Waals surface area contributed by atoms with Crippen LogP contribution in [0.15, 0.2) is 24.3 Å². The maximum Gasteiger partial charge on any atom is 0.292 e. The molecule has 0 N–H and O–H groups in total. The van der Waals surface area contributed by atoms with Crippen LogP contribution in [0.3, 0.4) is 0 Å². The quantitative estimate of drug-likeness (QED) is 0.411. The van der Waals surface area contributed by atoms with E-state index in [0.29, 0.717) is 5.75 Å². The highest BCUT2D eigenvalue weighted by Crippen LogP contribution is 2.16. The summed E-state index contributed by atoms with van der Waals surface area (Å²) < 4.78 is 4.42. The van der Waals surface area contributed by atoms with Crippen LogP contribution in [0, 0.1) is 21.6 Å². The zero-order chi connectivity index (χ0) is 11.0. The second-order valence-electron chi connectivity index (χ2n) is 1.94. The number of ether oxygens (including phenoxy) is 1.